The molecule has 5 heteroatoms. The zero-order valence-corrected chi connectivity index (χ0v) is 8.86. The molecule has 0 amide bonds. The third-order valence-corrected chi connectivity index (χ3v) is 1.16. The molecule has 0 bridgehead atoms. The van der Waals surface area contributed by atoms with Gasteiger partial charge in [-0.15, -0.1) is 0 Å². The van der Waals surface area contributed by atoms with Crippen LogP contribution in [-0.4, -0.2) is 29.9 Å². The molecule has 0 aromatic carbocycles. The third-order valence-electron chi connectivity index (χ3n) is 1.16. The van der Waals surface area contributed by atoms with E-state index in [9.17, 15) is 9.90 Å². The molecule has 10 heavy (non-hydrogen) atoms. The molecule has 2 atom stereocenters. The Labute approximate surface area is 101 Å². The van der Waals surface area contributed by atoms with Gasteiger partial charge in [-0.2, -0.15) is 0 Å². The van der Waals surface area contributed by atoms with E-state index in [1.54, 1.807) is 0 Å². The number of aliphatic hydroxyl groups excluding tert-OH is 1. The van der Waals surface area contributed by atoms with Gasteiger partial charge in [-0.05, 0) is 0 Å². The SMILES string of the molecule is O=C([O-])C[C@@H](O)[C@H]1CO1.[K+]. The van der Waals surface area contributed by atoms with Crippen LogP contribution in [0.5, 0.6) is 0 Å². The Morgan fingerprint density at radius 3 is 2.70 bits per heavy atom. The van der Waals surface area contributed by atoms with Crippen LogP contribution in [0.4, 0.5) is 0 Å². The first-order valence-electron chi connectivity index (χ1n) is 2.69. The molecule has 1 N–H and O–H groups in total. The summed E-state index contributed by atoms with van der Waals surface area (Å²) in [5, 5.41) is 18.6. The normalized spacial score (nSPS) is 24.7. The zero-order valence-electron chi connectivity index (χ0n) is 5.74. The Morgan fingerprint density at radius 2 is 2.40 bits per heavy atom. The first-order valence-corrected chi connectivity index (χ1v) is 2.69. The number of epoxide rings is 1. The molecule has 0 radical (unpaired) electrons. The van der Waals surface area contributed by atoms with Crippen LogP contribution in [0.15, 0.2) is 0 Å². The molecule has 0 spiro atoms. The zero-order chi connectivity index (χ0) is 6.85. The van der Waals surface area contributed by atoms with Crippen LogP contribution in [0.3, 0.4) is 0 Å². The van der Waals surface area contributed by atoms with Gasteiger partial charge >= 0.3 is 51.4 Å². The van der Waals surface area contributed by atoms with Gasteiger partial charge < -0.3 is 19.7 Å². The molecule has 1 fully saturated rings. The summed E-state index contributed by atoms with van der Waals surface area (Å²) in [5.74, 6) is -1.24. The first kappa shape index (κ1) is 11.0. The van der Waals surface area contributed by atoms with Crippen molar-refractivity contribution < 1.29 is 71.1 Å². The van der Waals surface area contributed by atoms with Gasteiger partial charge in [0.1, 0.15) is 6.10 Å². The summed E-state index contributed by atoms with van der Waals surface area (Å²) >= 11 is 0. The summed E-state index contributed by atoms with van der Waals surface area (Å²) in [7, 11) is 0. The van der Waals surface area contributed by atoms with E-state index in [1.165, 1.54) is 0 Å². The van der Waals surface area contributed by atoms with Gasteiger partial charge in [0.15, 0.2) is 0 Å². The van der Waals surface area contributed by atoms with E-state index in [-0.39, 0.29) is 63.9 Å². The number of ether oxygens (including phenoxy) is 1. The van der Waals surface area contributed by atoms with Crippen LogP contribution in [0.1, 0.15) is 6.42 Å². The Bertz CT molecular complexity index is 123. The Hall–Kier alpha value is 1.03. The van der Waals surface area contributed by atoms with E-state index in [0.29, 0.717) is 6.61 Å². The standard InChI is InChI=1S/C5H8O4.K/c6-3(1-5(7)8)4-2-9-4;/h3-4,6H,1-2H2,(H,7,8);/q;+1/p-1/t3-,4-;/m1./s1. The molecule has 0 aromatic rings. The van der Waals surface area contributed by atoms with E-state index in [4.69, 9.17) is 5.11 Å². The Morgan fingerprint density at radius 1 is 1.90 bits per heavy atom. The van der Waals surface area contributed by atoms with Crippen molar-refractivity contribution in [3.8, 4) is 0 Å². The van der Waals surface area contributed by atoms with Crippen molar-refractivity contribution in [2.24, 2.45) is 0 Å². The molecule has 1 aliphatic rings. The van der Waals surface area contributed by atoms with Crippen LogP contribution in [-0.2, 0) is 9.53 Å². The van der Waals surface area contributed by atoms with Gasteiger partial charge in [-0.3, -0.25) is 0 Å². The fourth-order valence-corrected chi connectivity index (χ4v) is 0.580. The Kier molecular flexibility index (Phi) is 5.31. The molecular weight excluding hydrogens is 163 g/mol. The average Bonchev–Trinajstić information content (AvgIpc) is 2.40. The summed E-state index contributed by atoms with van der Waals surface area (Å²) in [5.41, 5.74) is 0. The summed E-state index contributed by atoms with van der Waals surface area (Å²) in [6.07, 6.45) is -1.47. The number of carboxylic acid groups (broad SMARTS) is 1. The molecule has 0 unspecified atom stereocenters. The summed E-state index contributed by atoms with van der Waals surface area (Å²) in [4.78, 5) is 9.82. The van der Waals surface area contributed by atoms with Gasteiger partial charge in [-0.25, -0.2) is 0 Å². The van der Waals surface area contributed by atoms with Gasteiger partial charge in [0, 0.05) is 12.4 Å². The number of hydrogen-bond acceptors (Lipinski definition) is 4. The second-order valence-electron chi connectivity index (χ2n) is 2.02. The number of carbonyl (C=O) groups is 1. The van der Waals surface area contributed by atoms with E-state index in [2.05, 4.69) is 4.74 Å². The number of aliphatic carboxylic acids is 1. The maximum Gasteiger partial charge on any atom is 1.00 e. The Balaban J connectivity index is 0.000000810. The second kappa shape index (κ2) is 4.81. The quantitative estimate of drug-likeness (QED) is 0.340. The number of carbonyl (C=O) groups excluding carboxylic acids is 1. The van der Waals surface area contributed by atoms with E-state index in [1.807, 2.05) is 0 Å². The second-order valence-corrected chi connectivity index (χ2v) is 2.02. The van der Waals surface area contributed by atoms with Crippen molar-refractivity contribution in [2.45, 2.75) is 18.6 Å². The number of hydrogen-bond donors (Lipinski definition) is 1. The largest absolute Gasteiger partial charge is 1.00 e. The number of rotatable bonds is 3. The van der Waals surface area contributed by atoms with Crippen LogP contribution in [0.25, 0.3) is 0 Å². The van der Waals surface area contributed by atoms with E-state index in [0.717, 1.165) is 0 Å². The molecule has 0 saturated carbocycles. The minimum atomic E-state index is -1.24. The predicted octanol–water partition coefficient (Wildman–Crippen LogP) is -5.11. The maximum absolute atomic E-state index is 9.82. The molecule has 1 rings (SSSR count). The fraction of sp³-hybridized carbons (Fsp3) is 0.800. The fourth-order valence-electron chi connectivity index (χ4n) is 0.580. The monoisotopic (exact) mass is 170 g/mol. The molecule has 1 aliphatic heterocycles. The molecule has 0 aliphatic carbocycles. The summed E-state index contributed by atoms with van der Waals surface area (Å²) in [6.45, 7) is 0.467. The van der Waals surface area contributed by atoms with Gasteiger partial charge in [0.05, 0.1) is 12.7 Å². The van der Waals surface area contributed by atoms with Crippen molar-refractivity contribution in [1.82, 2.24) is 0 Å². The van der Waals surface area contributed by atoms with Crippen molar-refractivity contribution in [3.05, 3.63) is 0 Å². The number of aliphatic hydroxyl groups is 1. The van der Waals surface area contributed by atoms with Gasteiger partial charge in [0.25, 0.3) is 0 Å². The van der Waals surface area contributed by atoms with Crippen LogP contribution in [0, 0.1) is 0 Å². The van der Waals surface area contributed by atoms with Crippen molar-refractivity contribution in [2.75, 3.05) is 6.61 Å². The maximum atomic E-state index is 9.82. The van der Waals surface area contributed by atoms with Crippen LogP contribution >= 0.6 is 0 Å². The van der Waals surface area contributed by atoms with E-state index >= 15 is 0 Å². The molecule has 1 saturated heterocycles. The van der Waals surface area contributed by atoms with Crippen molar-refractivity contribution in [3.63, 3.8) is 0 Å². The smallest absolute Gasteiger partial charge is 0.550 e. The summed E-state index contributed by atoms with van der Waals surface area (Å²) < 4.78 is 4.63. The predicted molar refractivity (Wildman–Crippen MR) is 25.4 cm³/mol. The van der Waals surface area contributed by atoms with Crippen LogP contribution in [0.2, 0.25) is 0 Å². The topological polar surface area (TPSA) is 72.9 Å². The minimum Gasteiger partial charge on any atom is -0.550 e. The molecule has 4 nitrogen and oxygen atoms in total. The molecular formula is C5H7KO4. The minimum absolute atomic E-state index is 0. The molecule has 0 aromatic heterocycles. The van der Waals surface area contributed by atoms with Gasteiger partial charge in [0.2, 0.25) is 0 Å². The molecule has 52 valence electrons. The van der Waals surface area contributed by atoms with Crippen LogP contribution < -0.4 is 56.5 Å². The average molecular weight is 170 g/mol. The number of carboxylic acids is 1. The van der Waals surface area contributed by atoms with Crippen molar-refractivity contribution in [1.29, 1.82) is 0 Å². The van der Waals surface area contributed by atoms with E-state index < -0.39 is 12.1 Å². The molecule has 1 heterocycles. The summed E-state index contributed by atoms with van der Waals surface area (Å²) in [6, 6.07) is 0. The van der Waals surface area contributed by atoms with Crippen molar-refractivity contribution >= 4 is 5.97 Å². The van der Waals surface area contributed by atoms with Gasteiger partial charge in [-0.1, -0.05) is 0 Å². The third kappa shape index (κ3) is 4.02. The first-order chi connectivity index (χ1) is 4.20.